The van der Waals surface area contributed by atoms with Crippen LogP contribution in [0.1, 0.15) is 0 Å². The number of anilines is 9. The summed E-state index contributed by atoms with van der Waals surface area (Å²) < 4.78 is 6.35. The minimum Gasteiger partial charge on any atom is -0.456 e. The molecule has 324 valence electrons. The van der Waals surface area contributed by atoms with Gasteiger partial charge in [-0.2, -0.15) is 0 Å². The molecule has 0 atom stereocenters. The molecule has 0 fully saturated rings. The molecule has 4 nitrogen and oxygen atoms in total. The Morgan fingerprint density at radius 2 is 0.353 bits per heavy atom. The van der Waals surface area contributed by atoms with Gasteiger partial charge in [0.2, 0.25) is 0 Å². The van der Waals surface area contributed by atoms with Crippen LogP contribution in [-0.4, -0.2) is 0 Å². The molecule has 0 unspecified atom stereocenters. The lowest BCUT2D eigenvalue weighted by Crippen LogP contribution is -2.10. The maximum absolute atomic E-state index is 6.35. The summed E-state index contributed by atoms with van der Waals surface area (Å²) in [4.78, 5) is 6.89. The Morgan fingerprint density at radius 1 is 0.162 bits per heavy atom. The van der Waals surface area contributed by atoms with Gasteiger partial charge in [-0.1, -0.05) is 152 Å². The maximum atomic E-state index is 6.35. The summed E-state index contributed by atoms with van der Waals surface area (Å²) in [5.41, 5.74) is 16.5. The van der Waals surface area contributed by atoms with Gasteiger partial charge in [0.25, 0.3) is 0 Å². The third-order valence-electron chi connectivity index (χ3n) is 12.3. The van der Waals surface area contributed by atoms with E-state index in [1.165, 1.54) is 0 Å². The van der Waals surface area contributed by atoms with Gasteiger partial charge in [-0.25, -0.2) is 0 Å². The van der Waals surface area contributed by atoms with Crippen LogP contribution in [-0.2, 0) is 0 Å². The average Bonchev–Trinajstić information content (AvgIpc) is 3.92. The normalized spacial score (nSPS) is 10.9. The second kappa shape index (κ2) is 19.2. The van der Waals surface area contributed by atoms with Crippen molar-refractivity contribution in [2.45, 2.75) is 0 Å². The first kappa shape index (κ1) is 41.6. The van der Waals surface area contributed by atoms with Crippen LogP contribution in [0, 0.1) is 0 Å². The zero-order valence-corrected chi connectivity index (χ0v) is 37.4. The molecule has 0 amide bonds. The van der Waals surface area contributed by atoms with E-state index in [9.17, 15) is 0 Å². The molecule has 11 rings (SSSR count). The molecular formula is C64H47N3O. The van der Waals surface area contributed by atoms with Crippen LogP contribution < -0.4 is 14.7 Å². The minimum absolute atomic E-state index is 0.832. The second-order valence-electron chi connectivity index (χ2n) is 16.6. The van der Waals surface area contributed by atoms with Crippen molar-refractivity contribution in [3.63, 3.8) is 0 Å². The van der Waals surface area contributed by atoms with E-state index < -0.39 is 0 Å². The molecule has 0 N–H and O–H groups in total. The molecule has 11 aromatic rings. The molecule has 10 aromatic carbocycles. The molecule has 68 heavy (non-hydrogen) atoms. The Bertz CT molecular complexity index is 3070. The van der Waals surface area contributed by atoms with Crippen molar-refractivity contribution < 1.29 is 4.42 Å². The Labute approximate surface area is 398 Å². The summed E-state index contributed by atoms with van der Waals surface area (Å²) in [6.07, 6.45) is 0. The Balaban J connectivity index is 0.896. The van der Waals surface area contributed by atoms with Crippen molar-refractivity contribution in [3.05, 3.63) is 285 Å². The van der Waals surface area contributed by atoms with Crippen LogP contribution in [0.15, 0.2) is 290 Å². The second-order valence-corrected chi connectivity index (χ2v) is 16.6. The van der Waals surface area contributed by atoms with Crippen LogP contribution in [0.3, 0.4) is 0 Å². The Kier molecular flexibility index (Phi) is 11.7. The highest BCUT2D eigenvalue weighted by molar-refractivity contribution is 5.83. The average molecular weight is 874 g/mol. The Morgan fingerprint density at radius 3 is 0.603 bits per heavy atom. The van der Waals surface area contributed by atoms with Crippen molar-refractivity contribution in [1.29, 1.82) is 0 Å². The highest BCUT2D eigenvalue weighted by Gasteiger charge is 2.17. The molecular weight excluding hydrogens is 827 g/mol. The van der Waals surface area contributed by atoms with Crippen LogP contribution in [0.5, 0.6) is 0 Å². The van der Waals surface area contributed by atoms with E-state index in [0.717, 1.165) is 96.1 Å². The van der Waals surface area contributed by atoms with Crippen LogP contribution >= 0.6 is 0 Å². The molecule has 0 bridgehead atoms. The molecule has 4 heteroatoms. The number of rotatable bonds is 13. The molecule has 1 aromatic heterocycles. The van der Waals surface area contributed by atoms with E-state index >= 15 is 0 Å². The van der Waals surface area contributed by atoms with Gasteiger partial charge in [-0.15, -0.1) is 0 Å². The molecule has 0 aliphatic heterocycles. The van der Waals surface area contributed by atoms with E-state index in [0.29, 0.717) is 0 Å². The lowest BCUT2D eigenvalue weighted by atomic mass is 10.0. The largest absolute Gasteiger partial charge is 0.456 e. The van der Waals surface area contributed by atoms with Crippen molar-refractivity contribution in [3.8, 4) is 44.9 Å². The predicted molar refractivity (Wildman–Crippen MR) is 285 cm³/mol. The van der Waals surface area contributed by atoms with Crippen LogP contribution in [0.2, 0.25) is 0 Å². The fraction of sp³-hybridized carbons (Fsp3) is 0. The SMILES string of the molecule is c1ccc(-c2ccc(-c3ccc(N(c4ccc(-c5ccc(N(c6ccccc6)c6ccccc6)cc5)cc4)c4ccc(-c5ccc(N(c6ccccc6)c6ccccc6)cc5)cc4)cc3)o2)cc1. The van der Waals surface area contributed by atoms with Gasteiger partial charge in [0.05, 0.1) is 0 Å². The third kappa shape index (κ3) is 8.82. The van der Waals surface area contributed by atoms with E-state index in [4.69, 9.17) is 4.42 Å². The number of para-hydroxylation sites is 4. The van der Waals surface area contributed by atoms with E-state index in [2.05, 4.69) is 269 Å². The maximum Gasteiger partial charge on any atom is 0.134 e. The lowest BCUT2D eigenvalue weighted by molar-refractivity contribution is 0.597. The first-order valence-corrected chi connectivity index (χ1v) is 23.0. The van der Waals surface area contributed by atoms with Crippen LogP contribution in [0.4, 0.5) is 51.2 Å². The number of hydrogen-bond donors (Lipinski definition) is 0. The number of nitrogens with zero attached hydrogens (tertiary/aromatic N) is 3. The van der Waals surface area contributed by atoms with Gasteiger partial charge >= 0.3 is 0 Å². The number of hydrogen-bond acceptors (Lipinski definition) is 4. The molecule has 0 aliphatic carbocycles. The quantitative estimate of drug-likeness (QED) is 0.115. The van der Waals surface area contributed by atoms with Crippen molar-refractivity contribution in [2.24, 2.45) is 0 Å². The highest BCUT2D eigenvalue weighted by Crippen LogP contribution is 2.41. The molecule has 0 saturated heterocycles. The van der Waals surface area contributed by atoms with Gasteiger partial charge in [0.1, 0.15) is 11.5 Å². The van der Waals surface area contributed by atoms with E-state index in [1.54, 1.807) is 0 Å². The number of benzene rings is 10. The van der Waals surface area contributed by atoms with E-state index in [1.807, 2.05) is 30.3 Å². The monoisotopic (exact) mass is 873 g/mol. The van der Waals surface area contributed by atoms with Gasteiger partial charge < -0.3 is 19.1 Å². The molecule has 0 saturated carbocycles. The minimum atomic E-state index is 0.832. The molecule has 0 spiro atoms. The van der Waals surface area contributed by atoms with Crippen molar-refractivity contribution in [2.75, 3.05) is 14.7 Å². The smallest absolute Gasteiger partial charge is 0.134 e. The zero-order valence-electron chi connectivity index (χ0n) is 37.4. The van der Waals surface area contributed by atoms with Gasteiger partial charge in [-0.05, 0) is 156 Å². The summed E-state index contributed by atoms with van der Waals surface area (Å²) in [6.45, 7) is 0. The zero-order chi connectivity index (χ0) is 45.5. The molecule has 0 aliphatic rings. The number of furan rings is 1. The van der Waals surface area contributed by atoms with Crippen LogP contribution in [0.25, 0.3) is 44.9 Å². The standard InChI is InChI=1S/C64H47N3O/c1-6-16-52(17-7-1)63-46-47-64(68-63)53-34-44-62(45-35-53)67(60-40-30-50(31-41-60)48-26-36-58(37-27-48)65(54-18-8-2-9-19-54)55-20-10-3-11-21-55)61-42-32-51(33-43-61)49-28-38-59(39-29-49)66(56-22-12-4-13-23-56)57-24-14-5-15-25-57/h1-47H. The summed E-state index contributed by atoms with van der Waals surface area (Å²) in [5.74, 6) is 1.68. The fourth-order valence-corrected chi connectivity index (χ4v) is 8.89. The van der Waals surface area contributed by atoms with Gasteiger partial charge in [0.15, 0.2) is 0 Å². The molecule has 1 heterocycles. The van der Waals surface area contributed by atoms with Gasteiger partial charge in [-0.3, -0.25) is 0 Å². The summed E-state index contributed by atoms with van der Waals surface area (Å²) in [5, 5.41) is 0. The highest BCUT2D eigenvalue weighted by atomic mass is 16.3. The molecule has 0 radical (unpaired) electrons. The first-order valence-electron chi connectivity index (χ1n) is 23.0. The van der Waals surface area contributed by atoms with Gasteiger partial charge in [0, 0.05) is 62.3 Å². The summed E-state index contributed by atoms with van der Waals surface area (Å²) in [7, 11) is 0. The summed E-state index contributed by atoms with van der Waals surface area (Å²) in [6, 6.07) is 100. The third-order valence-corrected chi connectivity index (χ3v) is 12.3. The lowest BCUT2D eigenvalue weighted by Gasteiger charge is -2.26. The topological polar surface area (TPSA) is 22.9 Å². The fourth-order valence-electron chi connectivity index (χ4n) is 8.89. The summed E-state index contributed by atoms with van der Waals surface area (Å²) >= 11 is 0. The predicted octanol–water partition coefficient (Wildman–Crippen LogP) is 18.4. The van der Waals surface area contributed by atoms with E-state index in [-0.39, 0.29) is 0 Å². The Hall–Kier alpha value is -9.12. The van der Waals surface area contributed by atoms with Crippen molar-refractivity contribution in [1.82, 2.24) is 0 Å². The first-order chi connectivity index (χ1) is 33.7. The van der Waals surface area contributed by atoms with Crippen molar-refractivity contribution >= 4 is 51.2 Å².